The molecule has 0 aromatic rings. The number of amides is 1. The van der Waals surface area contributed by atoms with Crippen LogP contribution in [0.15, 0.2) is 0 Å². The molecule has 0 spiro atoms. The fourth-order valence-corrected chi connectivity index (χ4v) is 3.91. The summed E-state index contributed by atoms with van der Waals surface area (Å²) >= 11 is 0. The van der Waals surface area contributed by atoms with Crippen molar-refractivity contribution in [3.63, 3.8) is 0 Å². The molecule has 1 atom stereocenters. The lowest BCUT2D eigenvalue weighted by molar-refractivity contribution is -0.137. The van der Waals surface area contributed by atoms with Crippen LogP contribution in [-0.2, 0) is 9.59 Å². The first kappa shape index (κ1) is 16.3. The number of nitrogens with zero attached hydrogens (tertiary/aromatic N) is 1. The van der Waals surface area contributed by atoms with Gasteiger partial charge in [0.25, 0.3) is 0 Å². The second-order valence-corrected chi connectivity index (χ2v) is 7.33. The molecule has 1 saturated heterocycles. The molecule has 2 rings (SSSR count). The highest BCUT2D eigenvalue weighted by atomic mass is 16.4. The predicted molar refractivity (Wildman–Crippen MR) is 82.0 cm³/mol. The van der Waals surface area contributed by atoms with E-state index in [1.165, 1.54) is 32.1 Å². The van der Waals surface area contributed by atoms with E-state index in [0.717, 1.165) is 25.9 Å². The van der Waals surface area contributed by atoms with Gasteiger partial charge >= 0.3 is 5.97 Å². The summed E-state index contributed by atoms with van der Waals surface area (Å²) in [5, 5.41) is 8.79. The van der Waals surface area contributed by atoms with Gasteiger partial charge in [-0.2, -0.15) is 0 Å². The molecular weight excluding hydrogens is 266 g/mol. The minimum Gasteiger partial charge on any atom is -0.481 e. The predicted octanol–water partition coefficient (Wildman–Crippen LogP) is 3.45. The van der Waals surface area contributed by atoms with Crippen LogP contribution in [0, 0.1) is 11.3 Å². The molecule has 4 heteroatoms. The Hall–Kier alpha value is -1.06. The number of carbonyl (C=O) groups excluding carboxylic acids is 1. The zero-order valence-corrected chi connectivity index (χ0v) is 13.3. The maximum Gasteiger partial charge on any atom is 0.303 e. The molecule has 1 heterocycles. The molecule has 1 saturated carbocycles. The van der Waals surface area contributed by atoms with Crippen LogP contribution in [0.1, 0.15) is 71.1 Å². The van der Waals surface area contributed by atoms with E-state index in [2.05, 4.69) is 6.92 Å². The van der Waals surface area contributed by atoms with Gasteiger partial charge in [0.1, 0.15) is 0 Å². The standard InChI is InChI=1S/C17H29NO3/c1-17(9-3-2-4-10-17)12-15(19)18-11-5-6-14(13-18)7-8-16(20)21/h14H,2-13H2,1H3,(H,20,21). The van der Waals surface area contributed by atoms with Gasteiger partial charge < -0.3 is 10.0 Å². The second-order valence-electron chi connectivity index (χ2n) is 7.33. The average molecular weight is 295 g/mol. The molecule has 0 radical (unpaired) electrons. The van der Waals surface area contributed by atoms with E-state index >= 15 is 0 Å². The lowest BCUT2D eigenvalue weighted by atomic mass is 9.73. The van der Waals surface area contributed by atoms with Crippen LogP contribution >= 0.6 is 0 Å². The van der Waals surface area contributed by atoms with Crippen LogP contribution in [0.5, 0.6) is 0 Å². The van der Waals surface area contributed by atoms with Gasteiger partial charge in [-0.3, -0.25) is 9.59 Å². The zero-order valence-electron chi connectivity index (χ0n) is 13.3. The van der Waals surface area contributed by atoms with Crippen LogP contribution in [0.25, 0.3) is 0 Å². The van der Waals surface area contributed by atoms with Gasteiger partial charge in [-0.15, -0.1) is 0 Å². The van der Waals surface area contributed by atoms with Crippen molar-refractivity contribution in [1.82, 2.24) is 4.90 Å². The first-order valence-electron chi connectivity index (χ1n) is 8.48. The van der Waals surface area contributed by atoms with Crippen molar-refractivity contribution in [3.8, 4) is 0 Å². The SMILES string of the molecule is CC1(CC(=O)N2CCCC(CCC(=O)O)C2)CCCCC1. The molecule has 1 aliphatic carbocycles. The van der Waals surface area contributed by atoms with Crippen molar-refractivity contribution < 1.29 is 14.7 Å². The number of carbonyl (C=O) groups is 2. The van der Waals surface area contributed by atoms with Crippen LogP contribution in [0.4, 0.5) is 0 Å². The van der Waals surface area contributed by atoms with E-state index in [-0.39, 0.29) is 11.8 Å². The van der Waals surface area contributed by atoms with E-state index in [4.69, 9.17) is 5.11 Å². The lowest BCUT2D eigenvalue weighted by Crippen LogP contribution is -2.42. The van der Waals surface area contributed by atoms with Crippen molar-refractivity contribution in [2.45, 2.75) is 71.1 Å². The maximum atomic E-state index is 12.6. The molecule has 1 amide bonds. The van der Waals surface area contributed by atoms with Gasteiger partial charge in [-0.05, 0) is 43.4 Å². The molecular formula is C17H29NO3. The van der Waals surface area contributed by atoms with Gasteiger partial charge in [-0.1, -0.05) is 26.2 Å². The first-order chi connectivity index (χ1) is 9.98. The summed E-state index contributed by atoms with van der Waals surface area (Å²) in [6.45, 7) is 3.89. The number of piperidine rings is 1. The van der Waals surface area contributed by atoms with Gasteiger partial charge in [-0.25, -0.2) is 0 Å². The van der Waals surface area contributed by atoms with Gasteiger partial charge in [0.15, 0.2) is 0 Å². The Balaban J connectivity index is 1.82. The zero-order chi connectivity index (χ0) is 15.3. The molecule has 0 aromatic carbocycles. The topological polar surface area (TPSA) is 57.6 Å². The molecule has 1 unspecified atom stereocenters. The monoisotopic (exact) mass is 295 g/mol. The Morgan fingerprint density at radius 1 is 1.19 bits per heavy atom. The largest absolute Gasteiger partial charge is 0.481 e. The van der Waals surface area contributed by atoms with Gasteiger partial charge in [0.2, 0.25) is 5.91 Å². The normalized spacial score (nSPS) is 25.6. The number of aliphatic carboxylic acids is 1. The Morgan fingerprint density at radius 3 is 2.57 bits per heavy atom. The minimum absolute atomic E-state index is 0.198. The Bertz CT molecular complexity index is 374. The van der Waals surface area contributed by atoms with Gasteiger partial charge in [0, 0.05) is 25.9 Å². The molecule has 21 heavy (non-hydrogen) atoms. The summed E-state index contributed by atoms with van der Waals surface area (Å²) in [6.07, 6.45) is 9.87. The van der Waals surface area contributed by atoms with E-state index in [9.17, 15) is 9.59 Å². The third kappa shape index (κ3) is 5.01. The second kappa shape index (κ2) is 7.28. The van der Waals surface area contributed by atoms with Crippen molar-refractivity contribution in [2.24, 2.45) is 11.3 Å². The number of hydrogen-bond acceptors (Lipinski definition) is 2. The lowest BCUT2D eigenvalue weighted by Gasteiger charge is -2.38. The highest BCUT2D eigenvalue weighted by Crippen LogP contribution is 2.39. The highest BCUT2D eigenvalue weighted by molar-refractivity contribution is 5.77. The van der Waals surface area contributed by atoms with E-state index in [0.29, 0.717) is 24.7 Å². The molecule has 0 bridgehead atoms. The summed E-state index contributed by atoms with van der Waals surface area (Å²) in [4.78, 5) is 25.2. The number of hydrogen-bond donors (Lipinski definition) is 1. The molecule has 4 nitrogen and oxygen atoms in total. The third-order valence-corrected chi connectivity index (χ3v) is 5.28. The molecule has 2 aliphatic rings. The maximum absolute atomic E-state index is 12.6. The van der Waals surface area contributed by atoms with E-state index < -0.39 is 5.97 Å². The molecule has 120 valence electrons. The van der Waals surface area contributed by atoms with Crippen molar-refractivity contribution in [1.29, 1.82) is 0 Å². The minimum atomic E-state index is -0.729. The van der Waals surface area contributed by atoms with Crippen molar-refractivity contribution in [2.75, 3.05) is 13.1 Å². The molecule has 1 aliphatic heterocycles. The molecule has 1 N–H and O–H groups in total. The Labute approximate surface area is 127 Å². The first-order valence-corrected chi connectivity index (χ1v) is 8.48. The van der Waals surface area contributed by atoms with Crippen molar-refractivity contribution >= 4 is 11.9 Å². The van der Waals surface area contributed by atoms with Crippen LogP contribution in [-0.4, -0.2) is 35.0 Å². The van der Waals surface area contributed by atoms with E-state index in [1.54, 1.807) is 0 Å². The Kier molecular flexibility index (Phi) is 5.65. The molecule has 0 aromatic heterocycles. The van der Waals surface area contributed by atoms with Crippen molar-refractivity contribution in [3.05, 3.63) is 0 Å². The fraction of sp³-hybridized carbons (Fsp3) is 0.882. The summed E-state index contributed by atoms with van der Waals surface area (Å²) in [5.74, 6) is -0.0643. The van der Waals surface area contributed by atoms with Crippen LogP contribution in [0.3, 0.4) is 0 Å². The average Bonchev–Trinajstić information content (AvgIpc) is 2.45. The quantitative estimate of drug-likeness (QED) is 0.845. The van der Waals surface area contributed by atoms with E-state index in [1.807, 2.05) is 4.90 Å². The Morgan fingerprint density at radius 2 is 1.90 bits per heavy atom. The number of carboxylic acids is 1. The summed E-state index contributed by atoms with van der Waals surface area (Å²) in [7, 11) is 0. The fourth-order valence-electron chi connectivity index (χ4n) is 3.91. The van der Waals surface area contributed by atoms with Crippen LogP contribution < -0.4 is 0 Å². The van der Waals surface area contributed by atoms with Gasteiger partial charge in [0.05, 0.1) is 0 Å². The number of likely N-dealkylation sites (tertiary alicyclic amines) is 1. The van der Waals surface area contributed by atoms with Crippen LogP contribution in [0.2, 0.25) is 0 Å². The number of carboxylic acid groups (broad SMARTS) is 1. The summed E-state index contributed by atoms with van der Waals surface area (Å²) in [5.41, 5.74) is 0.198. The summed E-state index contributed by atoms with van der Waals surface area (Å²) in [6, 6.07) is 0. The summed E-state index contributed by atoms with van der Waals surface area (Å²) < 4.78 is 0. The number of rotatable bonds is 5. The third-order valence-electron chi connectivity index (χ3n) is 5.28. The smallest absolute Gasteiger partial charge is 0.303 e. The molecule has 2 fully saturated rings. The highest BCUT2D eigenvalue weighted by Gasteiger charge is 2.32.